The largest absolute Gasteiger partial charge is 0.393 e. The van der Waals surface area contributed by atoms with Crippen molar-refractivity contribution in [2.75, 3.05) is 13.2 Å². The lowest BCUT2D eigenvalue weighted by Crippen LogP contribution is -2.20. The highest BCUT2D eigenvalue weighted by molar-refractivity contribution is 4.68. The molecule has 1 rings (SSSR count). The predicted molar refractivity (Wildman–Crippen MR) is 76.8 cm³/mol. The van der Waals surface area contributed by atoms with E-state index in [0.29, 0.717) is 5.92 Å². The van der Waals surface area contributed by atoms with E-state index in [1.54, 1.807) is 0 Å². The van der Waals surface area contributed by atoms with Crippen molar-refractivity contribution in [3.63, 3.8) is 0 Å². The summed E-state index contributed by atoms with van der Waals surface area (Å²) in [6, 6.07) is 0. The maximum atomic E-state index is 10.0. The molecule has 2 nitrogen and oxygen atoms in total. The first-order valence-electron chi connectivity index (χ1n) is 8.08. The summed E-state index contributed by atoms with van der Waals surface area (Å²) >= 11 is 0. The molecular formula is C16H32O2. The van der Waals surface area contributed by atoms with E-state index >= 15 is 0 Å². The molecule has 1 N–H and O–H groups in total. The summed E-state index contributed by atoms with van der Waals surface area (Å²) in [4.78, 5) is 0. The monoisotopic (exact) mass is 256 g/mol. The van der Waals surface area contributed by atoms with Crippen LogP contribution in [0.5, 0.6) is 0 Å². The molecule has 0 aliphatic carbocycles. The standard InChI is InChI=1S/C16H32O2/c1-2-3-4-5-6-7-8-9-16(17)14-15-10-12-18-13-11-15/h15-17H,2-14H2,1H3. The van der Waals surface area contributed by atoms with Crippen LogP contribution in [0.15, 0.2) is 0 Å². The lowest BCUT2D eigenvalue weighted by atomic mass is 9.92. The highest BCUT2D eigenvalue weighted by Crippen LogP contribution is 2.22. The van der Waals surface area contributed by atoms with Gasteiger partial charge in [-0.25, -0.2) is 0 Å². The first kappa shape index (κ1) is 16.0. The minimum absolute atomic E-state index is 0.0660. The van der Waals surface area contributed by atoms with E-state index in [4.69, 9.17) is 4.74 Å². The van der Waals surface area contributed by atoms with E-state index in [-0.39, 0.29) is 6.10 Å². The topological polar surface area (TPSA) is 29.5 Å². The van der Waals surface area contributed by atoms with Gasteiger partial charge in [0.05, 0.1) is 6.10 Å². The van der Waals surface area contributed by atoms with Crippen LogP contribution < -0.4 is 0 Å². The Morgan fingerprint density at radius 2 is 1.61 bits per heavy atom. The number of aliphatic hydroxyl groups excluding tert-OH is 1. The molecule has 0 saturated carbocycles. The molecule has 1 fully saturated rings. The number of ether oxygens (including phenoxy) is 1. The van der Waals surface area contributed by atoms with Gasteiger partial charge >= 0.3 is 0 Å². The number of hydrogen-bond acceptors (Lipinski definition) is 2. The highest BCUT2D eigenvalue weighted by Gasteiger charge is 2.17. The number of unbranched alkanes of at least 4 members (excludes halogenated alkanes) is 6. The molecule has 0 bridgehead atoms. The van der Waals surface area contributed by atoms with Crippen LogP contribution in [0.4, 0.5) is 0 Å². The molecule has 1 aliphatic rings. The summed E-state index contributed by atoms with van der Waals surface area (Å²) in [6.07, 6.45) is 13.6. The van der Waals surface area contributed by atoms with Gasteiger partial charge in [0.2, 0.25) is 0 Å². The Morgan fingerprint density at radius 1 is 1.00 bits per heavy atom. The third kappa shape index (κ3) is 8.10. The van der Waals surface area contributed by atoms with E-state index in [1.807, 2.05) is 0 Å². The molecule has 1 saturated heterocycles. The van der Waals surface area contributed by atoms with Gasteiger partial charge in [-0.3, -0.25) is 0 Å². The van der Waals surface area contributed by atoms with Gasteiger partial charge in [0, 0.05) is 13.2 Å². The molecule has 0 amide bonds. The average Bonchev–Trinajstić information content (AvgIpc) is 2.39. The lowest BCUT2D eigenvalue weighted by Gasteiger charge is -2.24. The van der Waals surface area contributed by atoms with E-state index in [9.17, 15) is 5.11 Å². The van der Waals surface area contributed by atoms with Crippen LogP contribution in [-0.4, -0.2) is 24.4 Å². The molecule has 18 heavy (non-hydrogen) atoms. The van der Waals surface area contributed by atoms with E-state index in [1.165, 1.54) is 44.9 Å². The van der Waals surface area contributed by atoms with Crippen molar-refractivity contribution in [1.82, 2.24) is 0 Å². The molecule has 0 aromatic carbocycles. The molecule has 1 atom stereocenters. The summed E-state index contributed by atoms with van der Waals surface area (Å²) in [5.41, 5.74) is 0. The van der Waals surface area contributed by atoms with Crippen LogP contribution in [0.2, 0.25) is 0 Å². The summed E-state index contributed by atoms with van der Waals surface area (Å²) in [7, 11) is 0. The molecule has 1 aliphatic heterocycles. The molecule has 0 aromatic rings. The van der Waals surface area contributed by atoms with E-state index in [0.717, 1.165) is 38.9 Å². The van der Waals surface area contributed by atoms with Gasteiger partial charge in [-0.2, -0.15) is 0 Å². The second-order valence-corrected chi connectivity index (χ2v) is 5.86. The second-order valence-electron chi connectivity index (χ2n) is 5.86. The van der Waals surface area contributed by atoms with Crippen LogP contribution in [0.25, 0.3) is 0 Å². The number of aliphatic hydroxyl groups is 1. The zero-order valence-corrected chi connectivity index (χ0v) is 12.2. The fourth-order valence-corrected chi connectivity index (χ4v) is 2.82. The number of rotatable bonds is 10. The first-order chi connectivity index (χ1) is 8.83. The van der Waals surface area contributed by atoms with Crippen molar-refractivity contribution in [2.24, 2.45) is 5.92 Å². The minimum Gasteiger partial charge on any atom is -0.393 e. The Balaban J connectivity index is 1.88. The molecular weight excluding hydrogens is 224 g/mol. The summed E-state index contributed by atoms with van der Waals surface area (Å²) in [6.45, 7) is 4.05. The smallest absolute Gasteiger partial charge is 0.0543 e. The van der Waals surface area contributed by atoms with Crippen molar-refractivity contribution in [2.45, 2.75) is 83.7 Å². The third-order valence-electron chi connectivity index (χ3n) is 4.09. The fourth-order valence-electron chi connectivity index (χ4n) is 2.82. The summed E-state index contributed by atoms with van der Waals surface area (Å²) < 4.78 is 5.34. The Kier molecular flexibility index (Phi) is 9.59. The minimum atomic E-state index is -0.0660. The van der Waals surface area contributed by atoms with Gasteiger partial charge in [0.25, 0.3) is 0 Å². The van der Waals surface area contributed by atoms with Gasteiger partial charge in [0.1, 0.15) is 0 Å². The van der Waals surface area contributed by atoms with E-state index in [2.05, 4.69) is 6.92 Å². The van der Waals surface area contributed by atoms with Crippen LogP contribution in [-0.2, 0) is 4.74 Å². The van der Waals surface area contributed by atoms with Crippen LogP contribution in [0.3, 0.4) is 0 Å². The van der Waals surface area contributed by atoms with Gasteiger partial charge in [-0.15, -0.1) is 0 Å². The van der Waals surface area contributed by atoms with Crippen LogP contribution >= 0.6 is 0 Å². The molecule has 1 heterocycles. The van der Waals surface area contributed by atoms with Crippen molar-refractivity contribution in [3.8, 4) is 0 Å². The van der Waals surface area contributed by atoms with Gasteiger partial charge in [-0.05, 0) is 31.6 Å². The van der Waals surface area contributed by atoms with Crippen molar-refractivity contribution in [3.05, 3.63) is 0 Å². The van der Waals surface area contributed by atoms with Crippen molar-refractivity contribution < 1.29 is 9.84 Å². The second kappa shape index (κ2) is 10.8. The van der Waals surface area contributed by atoms with E-state index < -0.39 is 0 Å². The number of hydrogen-bond donors (Lipinski definition) is 1. The van der Waals surface area contributed by atoms with Crippen molar-refractivity contribution >= 4 is 0 Å². The molecule has 0 spiro atoms. The van der Waals surface area contributed by atoms with Gasteiger partial charge in [-0.1, -0.05) is 51.9 Å². The summed E-state index contributed by atoms with van der Waals surface area (Å²) in [5.74, 6) is 0.707. The normalized spacial score (nSPS) is 19.0. The molecule has 0 aromatic heterocycles. The lowest BCUT2D eigenvalue weighted by molar-refractivity contribution is 0.0415. The Labute approximate surface area is 113 Å². The van der Waals surface area contributed by atoms with Crippen LogP contribution in [0.1, 0.15) is 77.6 Å². The maximum Gasteiger partial charge on any atom is 0.0543 e. The van der Waals surface area contributed by atoms with Gasteiger partial charge < -0.3 is 9.84 Å². The molecule has 108 valence electrons. The first-order valence-corrected chi connectivity index (χ1v) is 8.08. The molecule has 0 radical (unpaired) electrons. The zero-order chi connectivity index (χ0) is 13.1. The zero-order valence-electron chi connectivity index (χ0n) is 12.2. The summed E-state index contributed by atoms with van der Waals surface area (Å²) in [5, 5.41) is 10.0. The Bertz CT molecular complexity index is 176. The van der Waals surface area contributed by atoms with Gasteiger partial charge in [0.15, 0.2) is 0 Å². The SMILES string of the molecule is CCCCCCCCCC(O)CC1CCOCC1. The van der Waals surface area contributed by atoms with Crippen LogP contribution in [0, 0.1) is 5.92 Å². The molecule has 2 heteroatoms. The Morgan fingerprint density at radius 3 is 2.28 bits per heavy atom. The Hall–Kier alpha value is -0.0800. The predicted octanol–water partition coefficient (Wildman–Crippen LogP) is 4.30. The molecule has 1 unspecified atom stereocenters. The maximum absolute atomic E-state index is 10.0. The third-order valence-corrected chi connectivity index (χ3v) is 4.09. The highest BCUT2D eigenvalue weighted by atomic mass is 16.5. The van der Waals surface area contributed by atoms with Crippen molar-refractivity contribution in [1.29, 1.82) is 0 Å². The average molecular weight is 256 g/mol. The quantitative estimate of drug-likeness (QED) is 0.590. The fraction of sp³-hybridized carbons (Fsp3) is 1.00.